The van der Waals surface area contributed by atoms with Crippen LogP contribution in [0.3, 0.4) is 0 Å². The summed E-state index contributed by atoms with van der Waals surface area (Å²) in [4.78, 5) is 18.3. The fraction of sp³-hybridized carbons (Fsp3) is 0.278. The van der Waals surface area contributed by atoms with Gasteiger partial charge in [-0.05, 0) is 31.2 Å². The fourth-order valence-corrected chi connectivity index (χ4v) is 3.35. The molecule has 0 radical (unpaired) electrons. The Morgan fingerprint density at radius 1 is 1.28 bits per heavy atom. The number of nitrogens with zero attached hydrogens (tertiary/aromatic N) is 4. The minimum absolute atomic E-state index is 0.283. The average Bonchev–Trinajstić information content (AvgIpc) is 3.02. The predicted molar refractivity (Wildman–Crippen MR) is 96.9 cm³/mol. The Labute approximate surface area is 145 Å². The molecule has 3 N–H and O–H groups in total. The third kappa shape index (κ3) is 2.62. The highest BCUT2D eigenvalue weighted by Crippen LogP contribution is 2.30. The van der Waals surface area contributed by atoms with E-state index in [9.17, 15) is 4.79 Å². The molecule has 1 aliphatic heterocycles. The van der Waals surface area contributed by atoms with Crippen LogP contribution >= 0.6 is 0 Å². The summed E-state index contributed by atoms with van der Waals surface area (Å²) >= 11 is 0. The van der Waals surface area contributed by atoms with E-state index >= 15 is 0 Å². The molecule has 1 unspecified atom stereocenters. The van der Waals surface area contributed by atoms with Gasteiger partial charge in [0, 0.05) is 31.2 Å². The van der Waals surface area contributed by atoms with Crippen LogP contribution in [0.4, 0.5) is 0 Å². The maximum absolute atomic E-state index is 12.0. The number of pyridine rings is 1. The Kier molecular flexibility index (Phi) is 3.85. The zero-order valence-electron chi connectivity index (χ0n) is 14.0. The van der Waals surface area contributed by atoms with Gasteiger partial charge >= 0.3 is 0 Å². The Morgan fingerprint density at radius 2 is 2.16 bits per heavy atom. The third-order valence-corrected chi connectivity index (χ3v) is 4.57. The molecule has 1 amide bonds. The normalized spacial score (nSPS) is 17.8. The van der Waals surface area contributed by atoms with Crippen LogP contribution in [0.25, 0.3) is 22.3 Å². The first-order valence-corrected chi connectivity index (χ1v) is 8.37. The second kappa shape index (κ2) is 6.18. The van der Waals surface area contributed by atoms with Crippen LogP contribution in [-0.4, -0.2) is 46.5 Å². The molecule has 25 heavy (non-hydrogen) atoms. The molecule has 128 valence electrons. The van der Waals surface area contributed by atoms with Gasteiger partial charge in [0.1, 0.15) is 5.69 Å². The summed E-state index contributed by atoms with van der Waals surface area (Å²) in [5, 5.41) is 11.2. The smallest absolute Gasteiger partial charge is 0.249 e. The van der Waals surface area contributed by atoms with Crippen molar-refractivity contribution in [1.29, 1.82) is 0 Å². The number of carbonyl (C=O) groups excluding carboxylic acids is 1. The van der Waals surface area contributed by atoms with E-state index in [1.54, 1.807) is 12.3 Å². The molecule has 7 heteroatoms. The molecule has 0 aliphatic carbocycles. The average molecular weight is 336 g/mol. The van der Waals surface area contributed by atoms with Gasteiger partial charge in [-0.1, -0.05) is 12.1 Å². The van der Waals surface area contributed by atoms with E-state index < -0.39 is 5.91 Å². The minimum atomic E-state index is -0.462. The van der Waals surface area contributed by atoms with E-state index in [0.717, 1.165) is 36.2 Å². The van der Waals surface area contributed by atoms with E-state index in [1.165, 1.54) is 0 Å². The summed E-state index contributed by atoms with van der Waals surface area (Å²) in [5.41, 5.74) is 8.35. The zero-order valence-corrected chi connectivity index (χ0v) is 14.0. The minimum Gasteiger partial charge on any atom is -0.366 e. The van der Waals surface area contributed by atoms with E-state index in [1.807, 2.05) is 35.1 Å². The molecule has 3 aromatic rings. The van der Waals surface area contributed by atoms with Crippen molar-refractivity contribution in [2.45, 2.75) is 13.0 Å². The first-order valence-electron chi connectivity index (χ1n) is 8.37. The number of piperazine rings is 1. The molecule has 0 saturated carbocycles. The molecule has 0 bridgehead atoms. The summed E-state index contributed by atoms with van der Waals surface area (Å²) in [6.07, 6.45) is 1.72. The van der Waals surface area contributed by atoms with Gasteiger partial charge < -0.3 is 11.1 Å². The van der Waals surface area contributed by atoms with Gasteiger partial charge in [0.25, 0.3) is 0 Å². The molecule has 1 atom stereocenters. The lowest BCUT2D eigenvalue weighted by Gasteiger charge is -2.35. The molecule has 0 spiro atoms. The molecule has 1 fully saturated rings. The van der Waals surface area contributed by atoms with Crippen molar-refractivity contribution in [2.75, 3.05) is 24.6 Å². The number of primary amides is 1. The largest absolute Gasteiger partial charge is 0.366 e. The Hall–Kier alpha value is -2.93. The maximum Gasteiger partial charge on any atom is 0.249 e. The number of fused-ring (bicyclic) bond motifs is 1. The number of aromatic nitrogens is 3. The van der Waals surface area contributed by atoms with Crippen LogP contribution in [-0.2, 0) is 0 Å². The van der Waals surface area contributed by atoms with E-state index in [4.69, 9.17) is 10.8 Å². The SMILES string of the molecule is CC1CNCCN1n1nc(-c2ccccn2)c2c(C(N)=O)cccc21. The lowest BCUT2D eigenvalue weighted by molar-refractivity contribution is 0.100. The van der Waals surface area contributed by atoms with Gasteiger partial charge in [0.05, 0.1) is 22.8 Å². The third-order valence-electron chi connectivity index (χ3n) is 4.57. The number of hydrogen-bond donors (Lipinski definition) is 2. The maximum atomic E-state index is 12.0. The topological polar surface area (TPSA) is 89.1 Å². The van der Waals surface area contributed by atoms with Crippen molar-refractivity contribution >= 4 is 16.8 Å². The number of carbonyl (C=O) groups is 1. The fourth-order valence-electron chi connectivity index (χ4n) is 3.35. The van der Waals surface area contributed by atoms with Crippen molar-refractivity contribution in [3.05, 3.63) is 48.2 Å². The number of benzene rings is 1. The van der Waals surface area contributed by atoms with Crippen molar-refractivity contribution in [3.8, 4) is 11.4 Å². The number of amides is 1. The van der Waals surface area contributed by atoms with Gasteiger partial charge in [-0.15, -0.1) is 5.10 Å². The second-order valence-corrected chi connectivity index (χ2v) is 6.23. The Balaban J connectivity index is 1.99. The van der Waals surface area contributed by atoms with Gasteiger partial charge in [-0.3, -0.25) is 14.8 Å². The monoisotopic (exact) mass is 336 g/mol. The lowest BCUT2D eigenvalue weighted by atomic mass is 10.1. The highest BCUT2D eigenvalue weighted by atomic mass is 16.1. The molecule has 1 aliphatic rings. The standard InChI is InChI=1S/C18H20N6O/c1-12-11-20-9-10-23(12)24-15-7-4-5-13(18(19)25)16(15)17(22-24)14-6-2-3-8-21-14/h2-8,12,20H,9-11H2,1H3,(H2,19,25). The van der Waals surface area contributed by atoms with E-state index in [2.05, 4.69) is 22.2 Å². The predicted octanol–water partition coefficient (Wildman–Crippen LogP) is 1.13. The van der Waals surface area contributed by atoms with E-state index in [-0.39, 0.29) is 6.04 Å². The van der Waals surface area contributed by atoms with Crippen molar-refractivity contribution in [3.63, 3.8) is 0 Å². The van der Waals surface area contributed by atoms with Gasteiger partial charge in [0.2, 0.25) is 5.91 Å². The molecule has 1 aromatic carbocycles. The Morgan fingerprint density at radius 3 is 2.88 bits per heavy atom. The first-order chi connectivity index (χ1) is 12.2. The Bertz CT molecular complexity index is 920. The van der Waals surface area contributed by atoms with Crippen LogP contribution in [0.1, 0.15) is 17.3 Å². The lowest BCUT2D eigenvalue weighted by Crippen LogP contribution is -2.55. The van der Waals surface area contributed by atoms with Crippen LogP contribution in [0.15, 0.2) is 42.6 Å². The van der Waals surface area contributed by atoms with Gasteiger partial charge in [0.15, 0.2) is 0 Å². The first kappa shape index (κ1) is 15.6. The van der Waals surface area contributed by atoms with Crippen LogP contribution < -0.4 is 16.1 Å². The highest BCUT2D eigenvalue weighted by Gasteiger charge is 2.25. The van der Waals surface area contributed by atoms with Crippen molar-refractivity contribution < 1.29 is 4.79 Å². The van der Waals surface area contributed by atoms with Gasteiger partial charge in [-0.25, -0.2) is 0 Å². The number of nitrogens with two attached hydrogens (primary N) is 1. The molecule has 7 nitrogen and oxygen atoms in total. The summed E-state index contributed by atoms with van der Waals surface area (Å²) in [6.45, 7) is 4.76. The zero-order chi connectivity index (χ0) is 17.4. The number of rotatable bonds is 3. The van der Waals surface area contributed by atoms with Crippen molar-refractivity contribution in [2.24, 2.45) is 5.73 Å². The molecular weight excluding hydrogens is 316 g/mol. The quantitative estimate of drug-likeness (QED) is 0.748. The summed E-state index contributed by atoms with van der Waals surface area (Å²) in [7, 11) is 0. The van der Waals surface area contributed by atoms with Crippen LogP contribution in [0.2, 0.25) is 0 Å². The summed E-state index contributed by atoms with van der Waals surface area (Å²) in [6, 6.07) is 11.5. The molecule has 3 heterocycles. The van der Waals surface area contributed by atoms with Crippen molar-refractivity contribution in [1.82, 2.24) is 20.2 Å². The molecular formula is C18H20N6O. The van der Waals surface area contributed by atoms with E-state index in [0.29, 0.717) is 11.3 Å². The van der Waals surface area contributed by atoms with Crippen LogP contribution in [0, 0.1) is 0 Å². The molecule has 2 aromatic heterocycles. The molecule has 1 saturated heterocycles. The van der Waals surface area contributed by atoms with Crippen LogP contribution in [0.5, 0.6) is 0 Å². The van der Waals surface area contributed by atoms with Gasteiger partial charge in [-0.2, -0.15) is 4.79 Å². The summed E-state index contributed by atoms with van der Waals surface area (Å²) in [5.74, 6) is -0.462. The number of hydrogen-bond acceptors (Lipinski definition) is 5. The summed E-state index contributed by atoms with van der Waals surface area (Å²) < 4.78 is 0. The molecule has 4 rings (SSSR count). The second-order valence-electron chi connectivity index (χ2n) is 6.23. The number of nitrogens with one attached hydrogen (secondary N) is 1. The highest BCUT2D eigenvalue weighted by molar-refractivity contribution is 6.10.